The van der Waals surface area contributed by atoms with E-state index in [0.29, 0.717) is 12.0 Å². The van der Waals surface area contributed by atoms with Gasteiger partial charge in [0.2, 0.25) is 0 Å². The number of benzene rings is 2. The predicted molar refractivity (Wildman–Crippen MR) is 93.5 cm³/mol. The lowest BCUT2D eigenvalue weighted by atomic mass is 9.93. The van der Waals surface area contributed by atoms with Gasteiger partial charge in [0, 0.05) is 5.57 Å². The average molecular weight is 320 g/mol. The summed E-state index contributed by atoms with van der Waals surface area (Å²) in [5, 5.41) is 9.58. The van der Waals surface area contributed by atoms with Crippen molar-refractivity contribution < 1.29 is 9.53 Å². The van der Waals surface area contributed by atoms with Crippen molar-refractivity contribution in [3.8, 4) is 6.07 Å². The molecule has 4 heteroatoms. The highest BCUT2D eigenvalue weighted by Gasteiger charge is 2.21. The molecule has 2 aromatic rings. The summed E-state index contributed by atoms with van der Waals surface area (Å²) < 4.78 is 5.23. The fraction of sp³-hybridized carbons (Fsp3) is 0.200. The van der Waals surface area contributed by atoms with Crippen LogP contribution in [0.15, 0.2) is 66.2 Å². The number of nitrogens with zero attached hydrogens (tertiary/aromatic N) is 1. The molecule has 2 aromatic carbocycles. The van der Waals surface area contributed by atoms with Crippen LogP contribution in [0, 0.1) is 11.3 Å². The second kappa shape index (κ2) is 8.66. The second-order valence-corrected chi connectivity index (χ2v) is 5.33. The van der Waals surface area contributed by atoms with Crippen molar-refractivity contribution in [2.75, 3.05) is 0 Å². The van der Waals surface area contributed by atoms with Gasteiger partial charge in [-0.1, -0.05) is 74.0 Å². The number of nitriles is 1. The molecule has 1 unspecified atom stereocenters. The minimum absolute atomic E-state index is 0.0426. The normalized spacial score (nSPS) is 11.2. The molecule has 0 heterocycles. The fourth-order valence-electron chi connectivity index (χ4n) is 2.41. The molecule has 4 nitrogen and oxygen atoms in total. The summed E-state index contributed by atoms with van der Waals surface area (Å²) in [6.07, 6.45) is 0.638. The molecule has 0 spiro atoms. The van der Waals surface area contributed by atoms with Crippen molar-refractivity contribution in [3.63, 3.8) is 0 Å². The van der Waals surface area contributed by atoms with E-state index in [4.69, 9.17) is 10.5 Å². The third kappa shape index (κ3) is 4.31. The van der Waals surface area contributed by atoms with Crippen LogP contribution in [0.2, 0.25) is 0 Å². The number of ether oxygens (including phenoxy) is 1. The molecule has 0 aromatic heterocycles. The zero-order valence-corrected chi connectivity index (χ0v) is 13.6. The molecule has 0 aliphatic heterocycles. The summed E-state index contributed by atoms with van der Waals surface area (Å²) in [4.78, 5) is 12.5. The van der Waals surface area contributed by atoms with Crippen LogP contribution >= 0.6 is 0 Å². The van der Waals surface area contributed by atoms with E-state index in [-0.39, 0.29) is 5.57 Å². The smallest absolute Gasteiger partial charge is 0.351 e. The summed E-state index contributed by atoms with van der Waals surface area (Å²) >= 11 is 0. The van der Waals surface area contributed by atoms with Crippen LogP contribution in [0.4, 0.5) is 0 Å². The lowest BCUT2D eigenvalue weighted by Crippen LogP contribution is -2.27. The first-order chi connectivity index (χ1) is 11.7. The van der Waals surface area contributed by atoms with E-state index in [9.17, 15) is 10.1 Å². The Bertz CT molecular complexity index is 705. The Kier molecular flexibility index (Phi) is 6.30. The molecule has 0 bridgehead atoms. The molecule has 2 N–H and O–H groups in total. The molecule has 2 rings (SSSR count). The van der Waals surface area contributed by atoms with Gasteiger partial charge in [-0.3, -0.25) is 5.73 Å². The van der Waals surface area contributed by atoms with Crippen LogP contribution < -0.4 is 5.73 Å². The van der Waals surface area contributed by atoms with E-state index in [2.05, 4.69) is 0 Å². The van der Waals surface area contributed by atoms with Gasteiger partial charge in [-0.15, -0.1) is 0 Å². The summed E-state index contributed by atoms with van der Waals surface area (Å²) in [6, 6.07) is 20.7. The predicted octanol–water partition coefficient (Wildman–Crippen LogP) is 3.64. The van der Waals surface area contributed by atoms with Crippen molar-refractivity contribution in [2.45, 2.75) is 26.0 Å². The molecule has 122 valence electrons. The molecule has 0 aliphatic rings. The number of carbonyl (C=O) groups is 1. The molecule has 0 aliphatic carbocycles. The number of hydrogen-bond donors (Lipinski definition) is 1. The van der Waals surface area contributed by atoms with Crippen LogP contribution in [-0.2, 0) is 9.53 Å². The van der Waals surface area contributed by atoms with E-state index in [1.54, 1.807) is 0 Å². The lowest BCUT2D eigenvalue weighted by Gasteiger charge is -2.14. The van der Waals surface area contributed by atoms with E-state index in [1.807, 2.05) is 73.7 Å². The van der Waals surface area contributed by atoms with Crippen LogP contribution in [0.5, 0.6) is 0 Å². The van der Waals surface area contributed by atoms with E-state index in [0.717, 1.165) is 17.5 Å². The zero-order valence-electron chi connectivity index (χ0n) is 13.6. The van der Waals surface area contributed by atoms with Gasteiger partial charge in [0.25, 0.3) is 0 Å². The van der Waals surface area contributed by atoms with Gasteiger partial charge < -0.3 is 4.74 Å². The van der Waals surface area contributed by atoms with Gasteiger partial charge in [0.1, 0.15) is 11.6 Å². The van der Waals surface area contributed by atoms with Crippen LogP contribution in [0.25, 0.3) is 5.57 Å². The number of hydrogen-bond acceptors (Lipinski definition) is 4. The maximum absolute atomic E-state index is 12.5. The standard InChI is InChI=1S/C20H20N2O2/c1-2-9-18(22)24-20(23)17(14-21)19(15-10-5-3-6-11-15)16-12-7-4-8-13-16/h3-8,10-13,18H,2,9,22H2,1H3. The summed E-state index contributed by atoms with van der Waals surface area (Å²) in [5.41, 5.74) is 7.84. The quantitative estimate of drug-likeness (QED) is 0.381. The largest absolute Gasteiger partial charge is 0.443 e. The topological polar surface area (TPSA) is 76.1 Å². The van der Waals surface area contributed by atoms with Crippen molar-refractivity contribution in [1.82, 2.24) is 0 Å². The van der Waals surface area contributed by atoms with Crippen molar-refractivity contribution in [1.29, 1.82) is 5.26 Å². The second-order valence-electron chi connectivity index (χ2n) is 5.33. The zero-order chi connectivity index (χ0) is 17.4. The molecule has 24 heavy (non-hydrogen) atoms. The molecule has 0 saturated heterocycles. The van der Waals surface area contributed by atoms with Crippen molar-refractivity contribution in [2.24, 2.45) is 5.73 Å². The molecule has 0 fully saturated rings. The average Bonchev–Trinajstić information content (AvgIpc) is 2.61. The van der Waals surface area contributed by atoms with Gasteiger partial charge in [-0.05, 0) is 17.5 Å². The molecule has 0 amide bonds. The summed E-state index contributed by atoms with van der Waals surface area (Å²) in [6.45, 7) is 1.95. The van der Waals surface area contributed by atoms with E-state index in [1.165, 1.54) is 0 Å². The van der Waals surface area contributed by atoms with Gasteiger partial charge in [-0.25, -0.2) is 4.79 Å². The fourth-order valence-corrected chi connectivity index (χ4v) is 2.41. The Morgan fingerprint density at radius 1 is 1.08 bits per heavy atom. The maximum Gasteiger partial charge on any atom is 0.351 e. The number of nitrogens with two attached hydrogens (primary N) is 1. The van der Waals surface area contributed by atoms with Gasteiger partial charge in [0.05, 0.1) is 0 Å². The van der Waals surface area contributed by atoms with Crippen molar-refractivity contribution in [3.05, 3.63) is 77.4 Å². The highest BCUT2D eigenvalue weighted by Crippen LogP contribution is 2.27. The molecular weight excluding hydrogens is 300 g/mol. The minimum atomic E-state index is -0.710. The lowest BCUT2D eigenvalue weighted by molar-refractivity contribution is -0.143. The first-order valence-electron chi connectivity index (χ1n) is 7.89. The molecule has 1 atom stereocenters. The Labute approximate surface area is 142 Å². The highest BCUT2D eigenvalue weighted by atomic mass is 16.6. The van der Waals surface area contributed by atoms with Crippen LogP contribution in [0.1, 0.15) is 30.9 Å². The Balaban J connectivity index is 2.52. The third-order valence-corrected chi connectivity index (χ3v) is 3.52. The number of esters is 1. The molecule has 0 radical (unpaired) electrons. The molecular formula is C20H20N2O2. The third-order valence-electron chi connectivity index (χ3n) is 3.52. The summed E-state index contributed by atoms with van der Waals surface area (Å²) in [7, 11) is 0. The van der Waals surface area contributed by atoms with Crippen LogP contribution in [0.3, 0.4) is 0 Å². The number of rotatable bonds is 6. The Morgan fingerprint density at radius 3 is 2.00 bits per heavy atom. The number of carbonyl (C=O) groups excluding carboxylic acids is 1. The van der Waals surface area contributed by atoms with E-state index >= 15 is 0 Å². The Hall–Kier alpha value is -2.90. The molecule has 0 saturated carbocycles. The minimum Gasteiger partial charge on any atom is -0.443 e. The van der Waals surface area contributed by atoms with Gasteiger partial charge >= 0.3 is 5.97 Å². The van der Waals surface area contributed by atoms with Crippen molar-refractivity contribution >= 4 is 11.5 Å². The highest BCUT2D eigenvalue weighted by molar-refractivity contribution is 6.05. The monoisotopic (exact) mass is 320 g/mol. The van der Waals surface area contributed by atoms with E-state index < -0.39 is 12.2 Å². The summed E-state index contributed by atoms with van der Waals surface area (Å²) in [5.74, 6) is -0.693. The first-order valence-corrected chi connectivity index (χ1v) is 7.89. The Morgan fingerprint density at radius 2 is 1.58 bits per heavy atom. The maximum atomic E-state index is 12.5. The first kappa shape index (κ1) is 17.5. The SMILES string of the molecule is CCCC(N)OC(=O)C(C#N)=C(c1ccccc1)c1ccccc1. The van der Waals surface area contributed by atoms with Gasteiger partial charge in [-0.2, -0.15) is 5.26 Å². The van der Waals surface area contributed by atoms with Gasteiger partial charge in [0.15, 0.2) is 6.23 Å². The van der Waals surface area contributed by atoms with Crippen LogP contribution in [-0.4, -0.2) is 12.2 Å².